The third kappa shape index (κ3) is 2.23. The third-order valence-corrected chi connectivity index (χ3v) is 4.57. The van der Waals surface area contributed by atoms with Crippen molar-refractivity contribution in [2.75, 3.05) is 6.54 Å². The van der Waals surface area contributed by atoms with Crippen molar-refractivity contribution in [3.05, 3.63) is 29.6 Å². The topological polar surface area (TPSA) is 66.7 Å². The number of aromatic nitrogens is 1. The Hall–Kier alpha value is -2.15. The van der Waals surface area contributed by atoms with Gasteiger partial charge in [-0.3, -0.25) is 9.69 Å². The van der Waals surface area contributed by atoms with Crippen LogP contribution in [0.15, 0.2) is 28.1 Å². The maximum absolute atomic E-state index is 12.2. The summed E-state index contributed by atoms with van der Waals surface area (Å²) in [4.78, 5) is 32.2. The van der Waals surface area contributed by atoms with E-state index in [1.54, 1.807) is 22.4 Å². The normalized spacial score (nSPS) is 18.9. The van der Waals surface area contributed by atoms with Gasteiger partial charge in [-0.1, -0.05) is 6.07 Å². The number of thiophene rings is 1. The highest BCUT2D eigenvalue weighted by atomic mass is 32.1. The molecule has 108 valence electrons. The maximum Gasteiger partial charge on any atom is 0.327 e. The molecule has 2 fully saturated rings. The zero-order chi connectivity index (χ0) is 14.4. The number of imide groups is 1. The molecule has 7 heteroatoms. The van der Waals surface area contributed by atoms with E-state index >= 15 is 0 Å². The molecule has 3 heterocycles. The summed E-state index contributed by atoms with van der Waals surface area (Å²) in [5.41, 5.74) is 0. The van der Waals surface area contributed by atoms with Crippen LogP contribution >= 0.6 is 11.3 Å². The minimum Gasteiger partial charge on any atom is -0.438 e. The Bertz CT molecular complexity index is 690. The van der Waals surface area contributed by atoms with E-state index in [1.165, 1.54) is 4.90 Å². The zero-order valence-electron chi connectivity index (χ0n) is 11.2. The monoisotopic (exact) mass is 303 g/mol. The van der Waals surface area contributed by atoms with Crippen LogP contribution in [0.5, 0.6) is 0 Å². The SMILES string of the molecule is O=C1CN(C2CC2)C(=O)N1Cc1ncc(-c2cccs2)o1. The summed E-state index contributed by atoms with van der Waals surface area (Å²) in [6.45, 7) is 0.286. The van der Waals surface area contributed by atoms with Crippen molar-refractivity contribution in [2.24, 2.45) is 0 Å². The molecule has 21 heavy (non-hydrogen) atoms. The lowest BCUT2D eigenvalue weighted by Crippen LogP contribution is -2.33. The molecule has 0 bridgehead atoms. The molecule has 4 rings (SSSR count). The summed E-state index contributed by atoms with van der Waals surface area (Å²) in [7, 11) is 0. The molecule has 1 aliphatic heterocycles. The first-order valence-electron chi connectivity index (χ1n) is 6.82. The molecule has 1 aliphatic carbocycles. The van der Waals surface area contributed by atoms with Crippen LogP contribution in [0.2, 0.25) is 0 Å². The third-order valence-electron chi connectivity index (χ3n) is 3.68. The smallest absolute Gasteiger partial charge is 0.327 e. The number of nitrogens with zero attached hydrogens (tertiary/aromatic N) is 3. The molecule has 6 nitrogen and oxygen atoms in total. The van der Waals surface area contributed by atoms with Gasteiger partial charge in [0, 0.05) is 6.04 Å². The van der Waals surface area contributed by atoms with Crippen molar-refractivity contribution in [3.63, 3.8) is 0 Å². The Kier molecular flexibility index (Phi) is 2.81. The molecule has 3 amide bonds. The van der Waals surface area contributed by atoms with Gasteiger partial charge in [-0.25, -0.2) is 9.78 Å². The number of amides is 3. The van der Waals surface area contributed by atoms with Crippen molar-refractivity contribution < 1.29 is 14.0 Å². The quantitative estimate of drug-likeness (QED) is 0.813. The molecule has 2 aromatic rings. The predicted octanol–water partition coefficient (Wildman–Crippen LogP) is 2.33. The van der Waals surface area contributed by atoms with E-state index in [-0.39, 0.29) is 31.1 Å². The Morgan fingerprint density at radius 3 is 2.95 bits per heavy atom. The fourth-order valence-corrected chi connectivity index (χ4v) is 3.11. The van der Waals surface area contributed by atoms with E-state index in [4.69, 9.17) is 4.42 Å². The molecule has 0 N–H and O–H groups in total. The van der Waals surface area contributed by atoms with E-state index < -0.39 is 0 Å². The van der Waals surface area contributed by atoms with Gasteiger partial charge in [0.05, 0.1) is 11.1 Å². The summed E-state index contributed by atoms with van der Waals surface area (Å²) in [5.74, 6) is 0.874. The van der Waals surface area contributed by atoms with Crippen LogP contribution in [-0.2, 0) is 11.3 Å². The van der Waals surface area contributed by atoms with Gasteiger partial charge >= 0.3 is 6.03 Å². The minimum absolute atomic E-state index is 0.103. The van der Waals surface area contributed by atoms with Gasteiger partial charge < -0.3 is 9.32 Å². The van der Waals surface area contributed by atoms with Gasteiger partial charge in [0.15, 0.2) is 5.76 Å². The lowest BCUT2D eigenvalue weighted by Gasteiger charge is -2.14. The summed E-state index contributed by atoms with van der Waals surface area (Å²) in [6, 6.07) is 3.90. The number of oxazole rings is 1. The number of urea groups is 1. The zero-order valence-corrected chi connectivity index (χ0v) is 12.0. The second-order valence-electron chi connectivity index (χ2n) is 5.22. The van der Waals surface area contributed by atoms with Gasteiger partial charge in [0.2, 0.25) is 5.89 Å². The van der Waals surface area contributed by atoms with Crippen molar-refractivity contribution in [2.45, 2.75) is 25.4 Å². The second-order valence-corrected chi connectivity index (χ2v) is 6.16. The summed E-state index contributed by atoms with van der Waals surface area (Å²) >= 11 is 1.56. The first-order valence-corrected chi connectivity index (χ1v) is 7.70. The average Bonchev–Trinajstić information content (AvgIpc) is 2.90. The van der Waals surface area contributed by atoms with Crippen LogP contribution in [-0.4, -0.2) is 39.3 Å². The first kappa shape index (κ1) is 12.6. The van der Waals surface area contributed by atoms with E-state index in [1.807, 2.05) is 17.5 Å². The largest absolute Gasteiger partial charge is 0.438 e. The molecular weight excluding hydrogens is 290 g/mol. The van der Waals surface area contributed by atoms with Gasteiger partial charge in [0.25, 0.3) is 5.91 Å². The van der Waals surface area contributed by atoms with E-state index in [9.17, 15) is 9.59 Å². The number of carbonyl (C=O) groups is 2. The molecule has 2 aromatic heterocycles. The molecule has 2 aliphatic rings. The summed E-state index contributed by atoms with van der Waals surface area (Å²) in [6.07, 6.45) is 3.62. The summed E-state index contributed by atoms with van der Waals surface area (Å²) < 4.78 is 5.63. The highest BCUT2D eigenvalue weighted by Crippen LogP contribution is 2.31. The van der Waals surface area contributed by atoms with Crippen molar-refractivity contribution in [1.29, 1.82) is 0 Å². The van der Waals surface area contributed by atoms with Gasteiger partial charge in [-0.2, -0.15) is 0 Å². The fraction of sp³-hybridized carbons (Fsp3) is 0.357. The standard InChI is InChI=1S/C14H13N3O3S/c18-13-8-16(9-3-4-9)14(19)17(13)7-12-15-6-10(20-12)11-2-1-5-21-11/h1-2,5-6,9H,3-4,7-8H2. The second kappa shape index (κ2) is 4.70. The molecule has 1 saturated heterocycles. The molecule has 0 aromatic carbocycles. The van der Waals surface area contributed by atoms with Gasteiger partial charge in [-0.15, -0.1) is 11.3 Å². The fourth-order valence-electron chi connectivity index (χ4n) is 2.44. The Morgan fingerprint density at radius 2 is 2.24 bits per heavy atom. The molecule has 0 radical (unpaired) electrons. The van der Waals surface area contributed by atoms with Crippen molar-refractivity contribution in [3.8, 4) is 10.6 Å². The minimum atomic E-state index is -0.224. The van der Waals surface area contributed by atoms with Crippen LogP contribution in [0, 0.1) is 0 Å². The van der Waals surface area contributed by atoms with Gasteiger partial charge in [-0.05, 0) is 24.3 Å². The number of hydrogen-bond acceptors (Lipinski definition) is 5. The van der Waals surface area contributed by atoms with Crippen molar-refractivity contribution in [1.82, 2.24) is 14.8 Å². The predicted molar refractivity (Wildman–Crippen MR) is 75.5 cm³/mol. The number of rotatable bonds is 4. The Labute approximate surface area is 125 Å². The van der Waals surface area contributed by atoms with Crippen LogP contribution < -0.4 is 0 Å². The van der Waals surface area contributed by atoms with Crippen LogP contribution in [0.4, 0.5) is 4.79 Å². The van der Waals surface area contributed by atoms with Gasteiger partial charge in [0.1, 0.15) is 13.1 Å². The molecule has 0 atom stereocenters. The molecule has 1 saturated carbocycles. The number of carbonyl (C=O) groups excluding carboxylic acids is 2. The Morgan fingerprint density at radius 1 is 1.38 bits per heavy atom. The lowest BCUT2D eigenvalue weighted by molar-refractivity contribution is -0.126. The summed E-state index contributed by atoms with van der Waals surface area (Å²) in [5, 5.41) is 1.96. The lowest BCUT2D eigenvalue weighted by atomic mass is 10.4. The van der Waals surface area contributed by atoms with Crippen LogP contribution in [0.1, 0.15) is 18.7 Å². The number of hydrogen-bond donors (Lipinski definition) is 0. The highest BCUT2D eigenvalue weighted by Gasteiger charge is 2.44. The van der Waals surface area contributed by atoms with Crippen LogP contribution in [0.3, 0.4) is 0 Å². The first-order chi connectivity index (χ1) is 10.2. The average molecular weight is 303 g/mol. The van der Waals surface area contributed by atoms with Crippen molar-refractivity contribution >= 4 is 23.3 Å². The highest BCUT2D eigenvalue weighted by molar-refractivity contribution is 7.13. The van der Waals surface area contributed by atoms with E-state index in [0.29, 0.717) is 11.7 Å². The van der Waals surface area contributed by atoms with Crippen LogP contribution in [0.25, 0.3) is 10.6 Å². The molecular formula is C14H13N3O3S. The van der Waals surface area contributed by atoms with E-state index in [0.717, 1.165) is 17.7 Å². The molecule has 0 spiro atoms. The maximum atomic E-state index is 12.2. The van der Waals surface area contributed by atoms with E-state index in [2.05, 4.69) is 4.98 Å². The Balaban J connectivity index is 1.51. The molecule has 0 unspecified atom stereocenters.